The van der Waals surface area contributed by atoms with Gasteiger partial charge in [-0.15, -0.1) is 10.2 Å². The molecule has 0 saturated heterocycles. The average Bonchev–Trinajstić information content (AvgIpc) is 2.70. The molecule has 0 aliphatic carbocycles. The van der Waals surface area contributed by atoms with E-state index in [1.165, 1.54) is 5.56 Å². The molecule has 0 aliphatic rings. The molecule has 0 amide bonds. The van der Waals surface area contributed by atoms with Crippen LogP contribution in [-0.2, 0) is 6.42 Å². The molecule has 0 fully saturated rings. The van der Waals surface area contributed by atoms with Crippen LogP contribution >= 0.6 is 0 Å². The fourth-order valence-corrected chi connectivity index (χ4v) is 1.29. The van der Waals surface area contributed by atoms with Gasteiger partial charge in [-0.1, -0.05) is 29.8 Å². The Labute approximate surface area is 91.7 Å². The minimum atomic E-state index is -1.21. The highest BCUT2D eigenvalue weighted by Crippen LogP contribution is 2.09. The van der Waals surface area contributed by atoms with Crippen molar-refractivity contribution in [3.05, 3.63) is 47.2 Å². The van der Waals surface area contributed by atoms with Crippen LogP contribution in [0.3, 0.4) is 0 Å². The highest BCUT2D eigenvalue weighted by atomic mass is 16.4. The van der Waals surface area contributed by atoms with Crippen LogP contribution in [0.25, 0.3) is 0 Å². The molecule has 1 N–H and O–H groups in total. The smallest absolute Gasteiger partial charge is 0.393 e. The zero-order chi connectivity index (χ0) is 11.5. The van der Waals surface area contributed by atoms with Gasteiger partial charge in [0, 0.05) is 0 Å². The highest BCUT2D eigenvalue weighted by molar-refractivity contribution is 5.81. The number of rotatable bonds is 3. The molecule has 2 aromatic rings. The Morgan fingerprint density at radius 1 is 1.31 bits per heavy atom. The van der Waals surface area contributed by atoms with Gasteiger partial charge >= 0.3 is 11.9 Å². The van der Waals surface area contributed by atoms with E-state index in [1.807, 2.05) is 31.2 Å². The van der Waals surface area contributed by atoms with Gasteiger partial charge in [-0.3, -0.25) is 0 Å². The molecule has 1 aromatic carbocycles. The summed E-state index contributed by atoms with van der Waals surface area (Å²) in [5, 5.41) is 15.7. The summed E-state index contributed by atoms with van der Waals surface area (Å²) in [7, 11) is 0. The monoisotopic (exact) mass is 218 g/mol. The maximum absolute atomic E-state index is 10.5. The topological polar surface area (TPSA) is 76.2 Å². The minimum Gasteiger partial charge on any atom is -0.474 e. The predicted molar refractivity (Wildman–Crippen MR) is 55.2 cm³/mol. The first kappa shape index (κ1) is 10.4. The number of carboxylic acid groups (broad SMARTS) is 1. The lowest BCUT2D eigenvalue weighted by Gasteiger charge is -1.97. The molecule has 16 heavy (non-hydrogen) atoms. The van der Waals surface area contributed by atoms with Crippen molar-refractivity contribution in [3.63, 3.8) is 0 Å². The van der Waals surface area contributed by atoms with E-state index < -0.39 is 5.97 Å². The number of hydrogen-bond donors (Lipinski definition) is 1. The normalized spacial score (nSPS) is 10.3. The van der Waals surface area contributed by atoms with Gasteiger partial charge in [-0.25, -0.2) is 4.79 Å². The molecule has 82 valence electrons. The van der Waals surface area contributed by atoms with Crippen LogP contribution in [0.2, 0.25) is 0 Å². The second kappa shape index (κ2) is 4.14. The molecule has 1 aromatic heterocycles. The quantitative estimate of drug-likeness (QED) is 0.847. The second-order valence-electron chi connectivity index (χ2n) is 3.47. The van der Waals surface area contributed by atoms with Gasteiger partial charge in [0.15, 0.2) is 0 Å². The molecule has 0 bridgehead atoms. The molecular formula is C11H10N2O3. The highest BCUT2D eigenvalue weighted by Gasteiger charge is 2.12. The van der Waals surface area contributed by atoms with Crippen molar-refractivity contribution >= 4 is 5.97 Å². The fourth-order valence-electron chi connectivity index (χ4n) is 1.29. The third kappa shape index (κ3) is 2.25. The second-order valence-corrected chi connectivity index (χ2v) is 3.47. The van der Waals surface area contributed by atoms with Crippen molar-refractivity contribution in [1.82, 2.24) is 10.2 Å². The molecule has 2 rings (SSSR count). The summed E-state index contributed by atoms with van der Waals surface area (Å²) in [5.41, 5.74) is 2.17. The first-order chi connectivity index (χ1) is 7.65. The van der Waals surface area contributed by atoms with Crippen molar-refractivity contribution in [2.45, 2.75) is 13.3 Å². The van der Waals surface area contributed by atoms with Crippen LogP contribution in [0.15, 0.2) is 28.7 Å². The standard InChI is InChI=1S/C11H10N2O3/c1-7-2-4-8(5-3-7)6-9-12-13-10(16-9)11(14)15/h2-5H,6H2,1H3,(H,14,15). The van der Waals surface area contributed by atoms with E-state index in [9.17, 15) is 4.79 Å². The van der Waals surface area contributed by atoms with Crippen molar-refractivity contribution in [2.24, 2.45) is 0 Å². The average molecular weight is 218 g/mol. The Kier molecular flexibility index (Phi) is 2.68. The Morgan fingerprint density at radius 2 is 2.00 bits per heavy atom. The first-order valence-electron chi connectivity index (χ1n) is 4.76. The fraction of sp³-hybridized carbons (Fsp3) is 0.182. The summed E-state index contributed by atoms with van der Waals surface area (Å²) in [4.78, 5) is 10.5. The van der Waals surface area contributed by atoms with E-state index in [4.69, 9.17) is 9.52 Å². The Bertz CT molecular complexity index is 502. The first-order valence-corrected chi connectivity index (χ1v) is 4.76. The Balaban J connectivity index is 2.14. The summed E-state index contributed by atoms with van der Waals surface area (Å²) in [6.07, 6.45) is 0.445. The summed E-state index contributed by atoms with van der Waals surface area (Å²) in [6, 6.07) is 7.84. The number of aromatic nitrogens is 2. The third-order valence-corrected chi connectivity index (χ3v) is 2.13. The summed E-state index contributed by atoms with van der Waals surface area (Å²) >= 11 is 0. The van der Waals surface area contributed by atoms with Gasteiger partial charge in [0.25, 0.3) is 0 Å². The van der Waals surface area contributed by atoms with Gasteiger partial charge in [-0.05, 0) is 12.5 Å². The van der Waals surface area contributed by atoms with Crippen molar-refractivity contribution in [2.75, 3.05) is 0 Å². The van der Waals surface area contributed by atoms with Crippen molar-refractivity contribution in [1.29, 1.82) is 0 Å². The number of benzene rings is 1. The van der Waals surface area contributed by atoms with Gasteiger partial charge in [0.1, 0.15) is 0 Å². The van der Waals surface area contributed by atoms with Gasteiger partial charge in [0.05, 0.1) is 6.42 Å². The number of carboxylic acids is 1. The lowest BCUT2D eigenvalue weighted by molar-refractivity contribution is 0.0651. The molecule has 5 heteroatoms. The van der Waals surface area contributed by atoms with E-state index in [1.54, 1.807) is 0 Å². The maximum atomic E-state index is 10.5. The predicted octanol–water partition coefficient (Wildman–Crippen LogP) is 1.67. The van der Waals surface area contributed by atoms with Gasteiger partial charge < -0.3 is 9.52 Å². The number of hydrogen-bond acceptors (Lipinski definition) is 4. The van der Waals surface area contributed by atoms with Crippen LogP contribution in [0.1, 0.15) is 27.7 Å². The molecule has 5 nitrogen and oxygen atoms in total. The van der Waals surface area contributed by atoms with E-state index >= 15 is 0 Å². The minimum absolute atomic E-state index is 0.307. The maximum Gasteiger partial charge on any atom is 0.393 e. The third-order valence-electron chi connectivity index (χ3n) is 2.13. The lowest BCUT2D eigenvalue weighted by Crippen LogP contribution is -1.95. The zero-order valence-corrected chi connectivity index (χ0v) is 8.67. The SMILES string of the molecule is Cc1ccc(Cc2nnc(C(=O)O)o2)cc1. The lowest BCUT2D eigenvalue weighted by atomic mass is 10.1. The summed E-state index contributed by atoms with van der Waals surface area (Å²) < 4.78 is 4.96. The summed E-state index contributed by atoms with van der Waals surface area (Å²) in [5.74, 6) is -1.27. The van der Waals surface area contributed by atoms with Gasteiger partial charge in [0.2, 0.25) is 5.89 Å². The van der Waals surface area contributed by atoms with Crippen molar-refractivity contribution < 1.29 is 14.3 Å². The van der Waals surface area contributed by atoms with Gasteiger partial charge in [-0.2, -0.15) is 0 Å². The number of carbonyl (C=O) groups is 1. The van der Waals surface area contributed by atoms with E-state index in [0.717, 1.165) is 5.56 Å². The van der Waals surface area contributed by atoms with Crippen LogP contribution < -0.4 is 0 Å². The molecule has 0 spiro atoms. The Morgan fingerprint density at radius 3 is 2.56 bits per heavy atom. The molecule has 0 saturated carbocycles. The Hall–Kier alpha value is -2.17. The van der Waals surface area contributed by atoms with Crippen LogP contribution in [0, 0.1) is 6.92 Å². The molecule has 0 unspecified atom stereocenters. The van der Waals surface area contributed by atoms with Crippen molar-refractivity contribution in [3.8, 4) is 0 Å². The van der Waals surface area contributed by atoms with E-state index in [-0.39, 0.29) is 5.89 Å². The molecule has 1 heterocycles. The largest absolute Gasteiger partial charge is 0.474 e. The molecule has 0 radical (unpaired) electrons. The number of aromatic carboxylic acids is 1. The zero-order valence-electron chi connectivity index (χ0n) is 8.67. The van der Waals surface area contributed by atoms with E-state index in [0.29, 0.717) is 12.3 Å². The number of aryl methyl sites for hydroxylation is 1. The number of nitrogens with zero attached hydrogens (tertiary/aromatic N) is 2. The van der Waals surface area contributed by atoms with E-state index in [2.05, 4.69) is 10.2 Å². The van der Waals surface area contributed by atoms with Crippen LogP contribution in [0.5, 0.6) is 0 Å². The molecule has 0 aliphatic heterocycles. The molecule has 0 atom stereocenters. The molecular weight excluding hydrogens is 208 g/mol. The van der Waals surface area contributed by atoms with Crippen LogP contribution in [-0.4, -0.2) is 21.3 Å². The van der Waals surface area contributed by atoms with Crippen LogP contribution in [0.4, 0.5) is 0 Å². The summed E-state index contributed by atoms with van der Waals surface area (Å²) in [6.45, 7) is 2.00.